The Morgan fingerprint density at radius 1 is 1.46 bits per heavy atom. The van der Waals surface area contributed by atoms with Crippen LogP contribution in [0.25, 0.3) is 11.0 Å². The number of carbonyl (C=O) groups excluding carboxylic acids is 1. The van der Waals surface area contributed by atoms with Crippen molar-refractivity contribution in [3.63, 3.8) is 0 Å². The smallest absolute Gasteiger partial charge is 0.224 e. The maximum absolute atomic E-state index is 12.5. The number of H-pyrrole nitrogens is 1. The molecule has 142 valence electrons. The molecule has 0 spiro atoms. The van der Waals surface area contributed by atoms with Crippen LogP contribution in [-0.2, 0) is 4.79 Å². The number of hydrogen-bond acceptors (Lipinski definition) is 4. The molecule has 2 N–H and O–H groups in total. The summed E-state index contributed by atoms with van der Waals surface area (Å²) in [6.45, 7) is 4.60. The van der Waals surface area contributed by atoms with Crippen molar-refractivity contribution in [3.8, 4) is 0 Å². The van der Waals surface area contributed by atoms with Gasteiger partial charge in [0.25, 0.3) is 0 Å². The Kier molecular flexibility index (Phi) is 7.08. The number of imidazole rings is 1. The largest absolute Gasteiger partial charge is 0.356 e. The molecule has 0 aliphatic carbocycles. The minimum atomic E-state index is 0.0313. The van der Waals surface area contributed by atoms with Crippen LogP contribution in [0.5, 0.6) is 0 Å². The van der Waals surface area contributed by atoms with Crippen LogP contribution < -0.4 is 10.2 Å². The van der Waals surface area contributed by atoms with Crippen LogP contribution in [0.4, 0.5) is 5.95 Å². The van der Waals surface area contributed by atoms with Crippen LogP contribution in [0.15, 0.2) is 18.2 Å². The van der Waals surface area contributed by atoms with Crippen molar-refractivity contribution >= 4 is 46.3 Å². The van der Waals surface area contributed by atoms with Gasteiger partial charge in [-0.1, -0.05) is 18.5 Å². The van der Waals surface area contributed by atoms with Gasteiger partial charge < -0.3 is 15.2 Å². The van der Waals surface area contributed by atoms with Gasteiger partial charge >= 0.3 is 0 Å². The van der Waals surface area contributed by atoms with Gasteiger partial charge in [0, 0.05) is 24.7 Å². The lowest BCUT2D eigenvalue weighted by Gasteiger charge is -2.31. The number of halogens is 1. The second kappa shape index (κ2) is 9.51. The molecule has 0 saturated carbocycles. The minimum absolute atomic E-state index is 0.0313. The number of nitrogens with zero attached hydrogens (tertiary/aromatic N) is 2. The van der Waals surface area contributed by atoms with E-state index in [1.165, 1.54) is 12.2 Å². The summed E-state index contributed by atoms with van der Waals surface area (Å²) < 4.78 is 0. The average Bonchev–Trinajstić information content (AvgIpc) is 3.07. The van der Waals surface area contributed by atoms with Gasteiger partial charge in [0.1, 0.15) is 0 Å². The first-order valence-corrected chi connectivity index (χ1v) is 11.0. The van der Waals surface area contributed by atoms with Gasteiger partial charge in [0.15, 0.2) is 0 Å². The average molecular weight is 395 g/mol. The number of nitrogens with one attached hydrogen (secondary N) is 2. The van der Waals surface area contributed by atoms with E-state index in [0.717, 1.165) is 55.1 Å². The number of aromatic amines is 1. The number of rotatable bonds is 8. The van der Waals surface area contributed by atoms with Crippen molar-refractivity contribution in [2.24, 2.45) is 5.92 Å². The fourth-order valence-electron chi connectivity index (χ4n) is 3.28. The minimum Gasteiger partial charge on any atom is -0.356 e. The van der Waals surface area contributed by atoms with E-state index >= 15 is 0 Å². The Balaban J connectivity index is 1.52. The summed E-state index contributed by atoms with van der Waals surface area (Å²) in [6, 6.07) is 5.65. The standard InChI is InChI=1S/C19H27ClN4OS/c1-2-10-26-11-4-8-21-18(25)14-5-3-9-24(13-14)19-22-16-7-6-15(20)12-17(16)23-19/h6-7,12,14H,2-5,8-11,13H2,1H3,(H,21,25)(H,22,23)/t14-/m0/s1. The summed E-state index contributed by atoms with van der Waals surface area (Å²) in [5, 5.41) is 3.80. The molecular weight excluding hydrogens is 368 g/mol. The molecule has 0 radical (unpaired) electrons. The highest BCUT2D eigenvalue weighted by Gasteiger charge is 2.27. The number of thioether (sulfide) groups is 1. The molecule has 0 unspecified atom stereocenters. The Hall–Kier alpha value is -1.40. The lowest BCUT2D eigenvalue weighted by Crippen LogP contribution is -2.43. The van der Waals surface area contributed by atoms with Crippen molar-refractivity contribution in [3.05, 3.63) is 23.2 Å². The topological polar surface area (TPSA) is 61.0 Å². The number of anilines is 1. The van der Waals surface area contributed by atoms with Crippen LogP contribution in [0.3, 0.4) is 0 Å². The fourth-order valence-corrected chi connectivity index (χ4v) is 4.29. The SMILES string of the molecule is CCCSCCCNC(=O)[C@H]1CCCN(c2nc3ccc(Cl)cc3[nH]2)C1. The molecule has 1 amide bonds. The third kappa shape index (κ3) is 5.07. The number of piperidine rings is 1. The monoisotopic (exact) mass is 394 g/mol. The zero-order chi connectivity index (χ0) is 18.4. The lowest BCUT2D eigenvalue weighted by molar-refractivity contribution is -0.125. The Morgan fingerprint density at radius 2 is 2.35 bits per heavy atom. The molecule has 1 aromatic carbocycles. The van der Waals surface area contributed by atoms with Gasteiger partial charge in [0.2, 0.25) is 11.9 Å². The summed E-state index contributed by atoms with van der Waals surface area (Å²) in [6.07, 6.45) is 4.20. The number of aromatic nitrogens is 2. The van der Waals surface area contributed by atoms with Gasteiger partial charge in [0.05, 0.1) is 17.0 Å². The Labute approximate surface area is 164 Å². The molecule has 1 atom stereocenters. The quantitative estimate of drug-likeness (QED) is 0.662. The van der Waals surface area contributed by atoms with Crippen molar-refractivity contribution in [2.45, 2.75) is 32.6 Å². The van der Waals surface area contributed by atoms with E-state index in [9.17, 15) is 4.79 Å². The third-order valence-corrected chi connectivity index (χ3v) is 6.15. The maximum Gasteiger partial charge on any atom is 0.224 e. The lowest BCUT2D eigenvalue weighted by atomic mass is 9.97. The molecule has 2 heterocycles. The van der Waals surface area contributed by atoms with E-state index in [4.69, 9.17) is 11.6 Å². The van der Waals surface area contributed by atoms with Gasteiger partial charge in [-0.3, -0.25) is 4.79 Å². The molecule has 1 fully saturated rings. The number of fused-ring (bicyclic) bond motifs is 1. The molecule has 1 aliphatic rings. The van der Waals surface area contributed by atoms with E-state index in [-0.39, 0.29) is 11.8 Å². The molecule has 2 aromatic rings. The highest BCUT2D eigenvalue weighted by molar-refractivity contribution is 7.99. The fraction of sp³-hybridized carbons (Fsp3) is 0.579. The van der Waals surface area contributed by atoms with Crippen LogP contribution in [0.1, 0.15) is 32.6 Å². The summed E-state index contributed by atoms with van der Waals surface area (Å²) >= 11 is 8.01. The number of carbonyl (C=O) groups is 1. The van der Waals surface area contributed by atoms with E-state index < -0.39 is 0 Å². The van der Waals surface area contributed by atoms with Crippen molar-refractivity contribution in [2.75, 3.05) is 36.0 Å². The van der Waals surface area contributed by atoms with Crippen molar-refractivity contribution in [1.29, 1.82) is 0 Å². The number of amides is 1. The predicted molar refractivity (Wildman–Crippen MR) is 111 cm³/mol. The Morgan fingerprint density at radius 3 is 3.19 bits per heavy atom. The molecule has 3 rings (SSSR count). The highest BCUT2D eigenvalue weighted by atomic mass is 35.5. The van der Waals surface area contributed by atoms with Gasteiger partial charge in [-0.05, 0) is 55.4 Å². The molecule has 7 heteroatoms. The van der Waals surface area contributed by atoms with E-state index in [2.05, 4.69) is 27.1 Å². The van der Waals surface area contributed by atoms with Crippen LogP contribution in [0.2, 0.25) is 5.02 Å². The molecule has 1 saturated heterocycles. The molecular formula is C19H27ClN4OS. The number of benzene rings is 1. The van der Waals surface area contributed by atoms with Gasteiger partial charge in [-0.15, -0.1) is 0 Å². The van der Waals surface area contributed by atoms with Gasteiger partial charge in [-0.2, -0.15) is 11.8 Å². The van der Waals surface area contributed by atoms with Crippen LogP contribution in [-0.4, -0.2) is 47.0 Å². The molecule has 0 bridgehead atoms. The van der Waals surface area contributed by atoms with E-state index in [0.29, 0.717) is 11.6 Å². The van der Waals surface area contributed by atoms with Crippen molar-refractivity contribution < 1.29 is 4.79 Å². The van der Waals surface area contributed by atoms with Crippen LogP contribution in [0, 0.1) is 5.92 Å². The Bertz CT molecular complexity index is 735. The maximum atomic E-state index is 12.5. The second-order valence-corrected chi connectivity index (χ2v) is 8.43. The molecule has 1 aliphatic heterocycles. The zero-order valence-electron chi connectivity index (χ0n) is 15.3. The normalized spacial score (nSPS) is 17.6. The van der Waals surface area contributed by atoms with Gasteiger partial charge in [-0.25, -0.2) is 4.98 Å². The second-order valence-electron chi connectivity index (χ2n) is 6.76. The first-order chi connectivity index (χ1) is 12.7. The first kappa shape index (κ1) is 19.4. The summed E-state index contributed by atoms with van der Waals surface area (Å²) in [7, 11) is 0. The summed E-state index contributed by atoms with van der Waals surface area (Å²) in [4.78, 5) is 22.7. The summed E-state index contributed by atoms with van der Waals surface area (Å²) in [5.74, 6) is 3.36. The highest BCUT2D eigenvalue weighted by Crippen LogP contribution is 2.25. The third-order valence-electron chi connectivity index (χ3n) is 4.64. The van der Waals surface area contributed by atoms with E-state index in [1.54, 1.807) is 0 Å². The predicted octanol–water partition coefficient (Wildman–Crippen LogP) is 4.08. The van der Waals surface area contributed by atoms with Crippen LogP contribution >= 0.6 is 23.4 Å². The van der Waals surface area contributed by atoms with Crippen molar-refractivity contribution in [1.82, 2.24) is 15.3 Å². The van der Waals surface area contributed by atoms with E-state index in [1.807, 2.05) is 30.0 Å². The molecule has 5 nitrogen and oxygen atoms in total. The molecule has 1 aromatic heterocycles. The summed E-state index contributed by atoms with van der Waals surface area (Å²) in [5.41, 5.74) is 1.84. The number of hydrogen-bond donors (Lipinski definition) is 2. The molecule has 26 heavy (non-hydrogen) atoms. The zero-order valence-corrected chi connectivity index (χ0v) is 16.8. The first-order valence-electron chi connectivity index (χ1n) is 9.43.